The Balaban J connectivity index is 2.50. The normalized spacial score (nSPS) is 11.8. The van der Waals surface area contributed by atoms with Crippen LogP contribution in [0.25, 0.3) is 0 Å². The van der Waals surface area contributed by atoms with E-state index in [1.807, 2.05) is 0 Å². The number of benzene rings is 2. The molecule has 2 aromatic rings. The Bertz CT molecular complexity index is 2260. The molecular weight excluding hydrogens is 1600 g/mol. The van der Waals surface area contributed by atoms with Gasteiger partial charge in [0.05, 0.1) is 53.7 Å². The molecule has 772 valence electrons. The third-order valence-corrected chi connectivity index (χ3v) is 28.9. The van der Waals surface area contributed by atoms with E-state index in [4.69, 9.17) is 28.4 Å². The highest BCUT2D eigenvalue weighted by Gasteiger charge is 2.26. The van der Waals surface area contributed by atoms with Gasteiger partial charge in [-0.15, -0.1) is 0 Å². The zero-order chi connectivity index (χ0) is 93.7. The number of ether oxygens (including phenoxy) is 6. The zero-order valence-corrected chi connectivity index (χ0v) is 90.7. The van der Waals surface area contributed by atoms with Gasteiger partial charge in [0.2, 0.25) is 11.5 Å². The summed E-state index contributed by atoms with van der Waals surface area (Å²) >= 11 is 0. The lowest BCUT2D eigenvalue weighted by atomic mass is 10.0. The number of hydrogen-bond acceptors (Lipinski definition) is 6. The third kappa shape index (κ3) is 85.0. The van der Waals surface area contributed by atoms with Gasteiger partial charge in [-0.25, -0.2) is 0 Å². The Kier molecular flexibility index (Phi) is 96.4. The van der Waals surface area contributed by atoms with Gasteiger partial charge in [0.25, 0.3) is 0 Å². The number of rotatable bonds is 112. The van der Waals surface area contributed by atoms with Gasteiger partial charge in [-0.05, 0) is 62.8 Å². The molecule has 2 aromatic carbocycles. The van der Waals surface area contributed by atoms with Gasteiger partial charge in [-0.3, -0.25) is 0 Å². The smallest absolute Gasteiger partial charge is 0.203 e. The molecule has 0 aliphatic rings. The molecule has 0 saturated heterocycles. The molecule has 0 aliphatic carbocycles. The van der Waals surface area contributed by atoms with Crippen molar-refractivity contribution < 1.29 is 32.9 Å². The molecule has 0 atom stereocenters. The summed E-state index contributed by atoms with van der Waals surface area (Å²) in [7, 11) is 4.84. The van der Waals surface area contributed by atoms with Crippen LogP contribution in [0.3, 0.4) is 0 Å². The monoisotopic (exact) mass is 1840 g/mol. The largest absolute Gasteiger partial charge is 0.490 e. The predicted octanol–water partition coefficient (Wildman–Crippen LogP) is 43.3. The number of nitrogens with zero attached hydrogens (tertiary/aromatic N) is 1. The molecule has 0 amide bonds. The fraction of sp³-hybridized carbons (Fsp3) is 0.903. The first-order valence-corrected chi connectivity index (χ1v) is 60.7. The second-order valence-electron chi connectivity index (χ2n) is 43.0. The Hall–Kier alpha value is -2.80. The summed E-state index contributed by atoms with van der Waals surface area (Å²) in [5.74, 6) is 5.18. The van der Waals surface area contributed by atoms with E-state index < -0.39 is 0 Å². The average molecular weight is 1840 g/mol. The predicted molar refractivity (Wildman–Crippen MR) is 583 cm³/mol. The summed E-state index contributed by atoms with van der Waals surface area (Å²) in [6.07, 6.45) is 131. The molecule has 7 nitrogen and oxygen atoms in total. The van der Waals surface area contributed by atoms with Crippen LogP contribution in [-0.2, 0) is 13.1 Å². The van der Waals surface area contributed by atoms with Crippen molar-refractivity contribution in [1.29, 1.82) is 0 Å². The van der Waals surface area contributed by atoms with E-state index in [1.165, 1.54) is 589 Å². The molecule has 0 radical (unpaired) electrons. The fourth-order valence-corrected chi connectivity index (χ4v) is 20.2. The second kappa shape index (κ2) is 102. The molecule has 7 heteroatoms. The lowest BCUT2D eigenvalue weighted by Crippen LogP contribution is -2.37. The minimum atomic E-state index is 0.692. The molecule has 0 spiro atoms. The molecule has 0 unspecified atom stereocenters. The van der Waals surface area contributed by atoms with Crippen molar-refractivity contribution in [3.63, 3.8) is 0 Å². The SMILES string of the molecule is CCCCCCCCCCCCCCCCCCOc1cc(C[N+](C)(C)Cc2cc(OCCCCCCCCCCCCCCCCCC)c(OCCCCCCCCCCCCCCCCCC)c(OCCCCCCCCCCCCCCCCCC)c2)cc(OCCCCCCCCCCCCCCCCCC)c1OCCCCCCCCCCCCCCCCCC. The molecule has 0 N–H and O–H groups in total. The van der Waals surface area contributed by atoms with E-state index in [0.29, 0.717) is 39.6 Å². The van der Waals surface area contributed by atoms with E-state index in [0.717, 1.165) is 90.6 Å². The van der Waals surface area contributed by atoms with Crippen LogP contribution in [0.1, 0.15) is 669 Å². The van der Waals surface area contributed by atoms with Crippen molar-refractivity contribution in [2.24, 2.45) is 0 Å². The van der Waals surface area contributed by atoms with Crippen molar-refractivity contribution in [3.05, 3.63) is 35.4 Å². The summed E-state index contributed by atoms with van der Waals surface area (Å²) in [5, 5.41) is 0. The molecule has 131 heavy (non-hydrogen) atoms. The summed E-state index contributed by atoms with van der Waals surface area (Å²) in [5.41, 5.74) is 2.49. The van der Waals surface area contributed by atoms with Crippen LogP contribution in [0.4, 0.5) is 0 Å². The molecule has 0 aromatic heterocycles. The van der Waals surface area contributed by atoms with Gasteiger partial charge in [0.1, 0.15) is 13.1 Å². The Labute approximate surface area is 822 Å². The topological polar surface area (TPSA) is 55.4 Å². The maximum atomic E-state index is 7.09. The van der Waals surface area contributed by atoms with Crippen LogP contribution in [0.15, 0.2) is 24.3 Å². The van der Waals surface area contributed by atoms with E-state index in [2.05, 4.69) is 79.9 Å². The summed E-state index contributed by atoms with van der Waals surface area (Å²) in [4.78, 5) is 0. The van der Waals surface area contributed by atoms with Crippen LogP contribution in [0, 0.1) is 0 Å². The maximum Gasteiger partial charge on any atom is 0.203 e. The van der Waals surface area contributed by atoms with Gasteiger partial charge in [-0.1, -0.05) is 619 Å². The Morgan fingerprint density at radius 2 is 0.237 bits per heavy atom. The quantitative estimate of drug-likeness (QED) is 0.0486. The highest BCUT2D eigenvalue weighted by Crippen LogP contribution is 2.43. The number of hydrogen-bond donors (Lipinski definition) is 0. The fourth-order valence-electron chi connectivity index (χ4n) is 20.2. The average Bonchev–Trinajstić information content (AvgIpc) is 0.807. The Morgan fingerprint density at radius 3 is 0.351 bits per heavy atom. The van der Waals surface area contributed by atoms with E-state index >= 15 is 0 Å². The van der Waals surface area contributed by atoms with E-state index in [1.54, 1.807) is 0 Å². The zero-order valence-electron chi connectivity index (χ0n) is 90.7. The van der Waals surface area contributed by atoms with Crippen molar-refractivity contribution in [3.8, 4) is 34.5 Å². The Morgan fingerprint density at radius 1 is 0.137 bits per heavy atom. The first kappa shape index (κ1) is 124. The summed E-state index contributed by atoms with van der Waals surface area (Å²) in [6.45, 7) is 19.8. The summed E-state index contributed by atoms with van der Waals surface area (Å²) < 4.78 is 43.2. The standard InChI is InChI=1S/C124H236NO6/c1-9-15-21-27-33-39-45-51-57-63-69-75-81-87-93-99-105-126-119-111-117(112-120(127-106-100-94-88-82-76-70-64-58-52-46-40-34-28-22-16-10-2)123(119)130-109-103-97-91-85-79-73-67-61-55-49-43-37-31-25-19-13-5)115-125(7,8)116-118-113-121(128-107-101-95-89-83-77-71-65-59-53-47-41-35-29-23-17-11-3)124(131-110-104-98-92-86-80-74-68-62-56-50-44-38-32-26-20-14-6)122(114-118)129-108-102-96-90-84-78-72-66-60-54-48-42-36-30-24-18-12-4/h111-114H,9-110,115-116H2,1-8H3/q+1. The van der Waals surface area contributed by atoms with Gasteiger partial charge >= 0.3 is 0 Å². The molecule has 0 fully saturated rings. The lowest BCUT2D eigenvalue weighted by Gasteiger charge is -2.31. The molecule has 2 rings (SSSR count). The molecule has 0 aliphatic heterocycles. The van der Waals surface area contributed by atoms with Gasteiger partial charge in [0.15, 0.2) is 23.0 Å². The van der Waals surface area contributed by atoms with Gasteiger partial charge in [0, 0.05) is 11.1 Å². The number of quaternary nitrogens is 1. The third-order valence-electron chi connectivity index (χ3n) is 28.9. The van der Waals surface area contributed by atoms with Crippen LogP contribution >= 0.6 is 0 Å². The maximum absolute atomic E-state index is 7.09. The first-order valence-electron chi connectivity index (χ1n) is 60.7. The van der Waals surface area contributed by atoms with Crippen molar-refractivity contribution in [2.45, 2.75) is 671 Å². The van der Waals surface area contributed by atoms with Crippen molar-refractivity contribution >= 4 is 0 Å². The van der Waals surface area contributed by atoms with E-state index in [9.17, 15) is 0 Å². The highest BCUT2D eigenvalue weighted by molar-refractivity contribution is 5.55. The lowest BCUT2D eigenvalue weighted by molar-refractivity contribution is -0.916. The highest BCUT2D eigenvalue weighted by atomic mass is 16.5. The van der Waals surface area contributed by atoms with Crippen LogP contribution in [0.5, 0.6) is 34.5 Å². The molecule has 0 bridgehead atoms. The molecule has 0 heterocycles. The van der Waals surface area contributed by atoms with Crippen LogP contribution in [0.2, 0.25) is 0 Å². The van der Waals surface area contributed by atoms with Crippen molar-refractivity contribution in [2.75, 3.05) is 53.7 Å². The molecule has 0 saturated carbocycles. The van der Waals surface area contributed by atoms with Gasteiger partial charge < -0.3 is 32.9 Å². The van der Waals surface area contributed by atoms with E-state index in [-0.39, 0.29) is 0 Å². The second-order valence-corrected chi connectivity index (χ2v) is 43.0. The minimum absolute atomic E-state index is 0.692. The number of unbranched alkanes of at least 4 members (excludes halogenated alkanes) is 90. The van der Waals surface area contributed by atoms with Crippen LogP contribution in [-0.4, -0.2) is 58.2 Å². The van der Waals surface area contributed by atoms with Gasteiger partial charge in [-0.2, -0.15) is 0 Å². The van der Waals surface area contributed by atoms with Crippen LogP contribution < -0.4 is 28.4 Å². The minimum Gasteiger partial charge on any atom is -0.490 e. The summed E-state index contributed by atoms with van der Waals surface area (Å²) in [6, 6.07) is 9.41. The first-order chi connectivity index (χ1) is 64.8. The molecular formula is C124H236NO6+. The van der Waals surface area contributed by atoms with Crippen molar-refractivity contribution in [1.82, 2.24) is 0 Å².